The predicted octanol–water partition coefficient (Wildman–Crippen LogP) is 1.83. The van der Waals surface area contributed by atoms with Crippen LogP contribution >= 0.6 is 0 Å². The third kappa shape index (κ3) is 1.88. The van der Waals surface area contributed by atoms with E-state index in [4.69, 9.17) is 0 Å². The maximum Gasteiger partial charge on any atom is 0.0481 e. The van der Waals surface area contributed by atoms with E-state index >= 15 is 0 Å². The molecule has 100 valence electrons. The Morgan fingerprint density at radius 3 is 2.68 bits per heavy atom. The van der Waals surface area contributed by atoms with Crippen molar-refractivity contribution in [3.05, 3.63) is 36.0 Å². The van der Waals surface area contributed by atoms with Crippen LogP contribution in [-0.4, -0.2) is 35.6 Å². The van der Waals surface area contributed by atoms with Gasteiger partial charge >= 0.3 is 0 Å². The fraction of sp³-hybridized carbons (Fsp3) is 0.500. The van der Waals surface area contributed by atoms with Gasteiger partial charge in [-0.05, 0) is 36.6 Å². The summed E-state index contributed by atoms with van der Waals surface area (Å²) in [5.41, 5.74) is 2.82. The summed E-state index contributed by atoms with van der Waals surface area (Å²) in [6.07, 6.45) is 2.30. The molecule has 1 aromatic heterocycles. The highest BCUT2D eigenvalue weighted by molar-refractivity contribution is 5.83. The summed E-state index contributed by atoms with van der Waals surface area (Å²) in [5, 5.41) is 4.93. The highest BCUT2D eigenvalue weighted by atomic mass is 15.2. The lowest BCUT2D eigenvalue weighted by Crippen LogP contribution is -2.25. The van der Waals surface area contributed by atoms with Crippen LogP contribution in [0.5, 0.6) is 0 Å². The van der Waals surface area contributed by atoms with Gasteiger partial charge in [0.25, 0.3) is 0 Å². The molecular formula is C16H21N3. The molecule has 3 nitrogen and oxygen atoms in total. The highest BCUT2D eigenvalue weighted by Gasteiger charge is 2.35. The largest absolute Gasteiger partial charge is 0.350 e. The summed E-state index contributed by atoms with van der Waals surface area (Å²) in [7, 11) is 2.15. The minimum Gasteiger partial charge on any atom is -0.350 e. The van der Waals surface area contributed by atoms with Gasteiger partial charge in [0.15, 0.2) is 0 Å². The Hall–Kier alpha value is -1.32. The van der Waals surface area contributed by atoms with Crippen LogP contribution in [-0.2, 0) is 13.6 Å². The second-order valence-corrected chi connectivity index (χ2v) is 6.15. The van der Waals surface area contributed by atoms with E-state index in [1.165, 1.54) is 42.6 Å². The second kappa shape index (κ2) is 4.36. The first-order valence-corrected chi connectivity index (χ1v) is 7.27. The van der Waals surface area contributed by atoms with Crippen molar-refractivity contribution in [2.45, 2.75) is 6.54 Å². The molecule has 0 amide bonds. The molecule has 19 heavy (non-hydrogen) atoms. The van der Waals surface area contributed by atoms with Gasteiger partial charge in [0.05, 0.1) is 0 Å². The highest BCUT2D eigenvalue weighted by Crippen LogP contribution is 2.29. The third-order valence-electron chi connectivity index (χ3n) is 4.84. The number of likely N-dealkylation sites (tertiary alicyclic amines) is 1. The van der Waals surface area contributed by atoms with Crippen LogP contribution in [0, 0.1) is 11.8 Å². The third-order valence-corrected chi connectivity index (χ3v) is 4.84. The standard InChI is InChI=1S/C16H21N3/c1-18-8-14(15-4-2-3-5-16(15)18)11-19-9-12-6-17-7-13(12)10-19/h2-5,8,12-13,17H,6-7,9-11H2,1H3. The molecule has 0 aliphatic carbocycles. The Balaban J connectivity index is 1.59. The first kappa shape index (κ1) is 11.5. The summed E-state index contributed by atoms with van der Waals surface area (Å²) >= 11 is 0. The minimum atomic E-state index is 0.884. The summed E-state index contributed by atoms with van der Waals surface area (Å²) in [6, 6.07) is 8.73. The van der Waals surface area contributed by atoms with Crippen molar-refractivity contribution in [2.24, 2.45) is 18.9 Å². The normalized spacial score (nSPS) is 27.2. The molecule has 2 aliphatic rings. The number of fused-ring (bicyclic) bond motifs is 2. The second-order valence-electron chi connectivity index (χ2n) is 6.15. The molecule has 3 heteroatoms. The summed E-state index contributed by atoms with van der Waals surface area (Å²) < 4.78 is 2.25. The van der Waals surface area contributed by atoms with Crippen molar-refractivity contribution in [2.75, 3.05) is 26.2 Å². The Morgan fingerprint density at radius 1 is 1.16 bits per heavy atom. The van der Waals surface area contributed by atoms with Crippen LogP contribution in [0.4, 0.5) is 0 Å². The molecule has 0 spiro atoms. The molecule has 2 atom stereocenters. The van der Waals surface area contributed by atoms with Gasteiger partial charge in [-0.1, -0.05) is 18.2 Å². The van der Waals surface area contributed by atoms with E-state index in [1.54, 1.807) is 0 Å². The van der Waals surface area contributed by atoms with Gasteiger partial charge in [-0.2, -0.15) is 0 Å². The maximum atomic E-state index is 3.51. The first-order valence-electron chi connectivity index (χ1n) is 7.27. The lowest BCUT2D eigenvalue weighted by molar-refractivity contribution is 0.306. The van der Waals surface area contributed by atoms with Gasteiger partial charge in [0.1, 0.15) is 0 Å². The fourth-order valence-corrected chi connectivity index (χ4v) is 3.87. The molecule has 0 bridgehead atoms. The topological polar surface area (TPSA) is 20.2 Å². The number of aryl methyl sites for hydroxylation is 1. The van der Waals surface area contributed by atoms with E-state index in [0.29, 0.717) is 0 Å². The van der Waals surface area contributed by atoms with E-state index < -0.39 is 0 Å². The molecule has 2 saturated heterocycles. The number of benzene rings is 1. The molecule has 3 heterocycles. The number of hydrogen-bond acceptors (Lipinski definition) is 2. The predicted molar refractivity (Wildman–Crippen MR) is 78.0 cm³/mol. The minimum absolute atomic E-state index is 0.884. The Kier molecular flexibility index (Phi) is 2.64. The number of hydrogen-bond donors (Lipinski definition) is 1. The molecule has 2 unspecified atom stereocenters. The van der Waals surface area contributed by atoms with Crippen molar-refractivity contribution >= 4 is 10.9 Å². The lowest BCUT2D eigenvalue weighted by atomic mass is 10.0. The van der Waals surface area contributed by atoms with Crippen LogP contribution in [0.2, 0.25) is 0 Å². The number of para-hydroxylation sites is 1. The molecule has 2 fully saturated rings. The van der Waals surface area contributed by atoms with Gasteiger partial charge < -0.3 is 9.88 Å². The van der Waals surface area contributed by atoms with Crippen molar-refractivity contribution in [1.29, 1.82) is 0 Å². The molecule has 2 aromatic rings. The molecule has 0 saturated carbocycles. The molecule has 0 radical (unpaired) electrons. The number of rotatable bonds is 2. The van der Waals surface area contributed by atoms with Crippen LogP contribution in [0.1, 0.15) is 5.56 Å². The van der Waals surface area contributed by atoms with Crippen LogP contribution in [0.3, 0.4) is 0 Å². The van der Waals surface area contributed by atoms with Crippen molar-refractivity contribution in [3.63, 3.8) is 0 Å². The maximum absolute atomic E-state index is 3.51. The van der Waals surface area contributed by atoms with Gasteiger partial charge in [0.2, 0.25) is 0 Å². The van der Waals surface area contributed by atoms with Gasteiger partial charge in [0, 0.05) is 43.8 Å². The smallest absolute Gasteiger partial charge is 0.0481 e. The monoisotopic (exact) mass is 255 g/mol. The number of aromatic nitrogens is 1. The molecule has 1 N–H and O–H groups in total. The van der Waals surface area contributed by atoms with E-state index in [2.05, 4.69) is 52.3 Å². The number of nitrogens with zero attached hydrogens (tertiary/aromatic N) is 2. The Morgan fingerprint density at radius 2 is 1.89 bits per heavy atom. The van der Waals surface area contributed by atoms with Crippen LogP contribution in [0.25, 0.3) is 10.9 Å². The van der Waals surface area contributed by atoms with Crippen molar-refractivity contribution in [1.82, 2.24) is 14.8 Å². The number of nitrogens with one attached hydrogen (secondary N) is 1. The summed E-state index contributed by atoms with van der Waals surface area (Å²) in [6.45, 7) is 6.07. The van der Waals surface area contributed by atoms with E-state index in [9.17, 15) is 0 Å². The van der Waals surface area contributed by atoms with Crippen LogP contribution < -0.4 is 5.32 Å². The molecule has 1 aromatic carbocycles. The van der Waals surface area contributed by atoms with Gasteiger partial charge in [-0.25, -0.2) is 0 Å². The zero-order valence-electron chi connectivity index (χ0n) is 11.5. The van der Waals surface area contributed by atoms with Gasteiger partial charge in [-0.15, -0.1) is 0 Å². The van der Waals surface area contributed by atoms with E-state index in [1.807, 2.05) is 0 Å². The lowest BCUT2D eigenvalue weighted by Gasteiger charge is -2.16. The SMILES string of the molecule is Cn1cc(CN2CC3CNCC3C2)c2ccccc21. The average molecular weight is 255 g/mol. The van der Waals surface area contributed by atoms with Crippen LogP contribution in [0.15, 0.2) is 30.5 Å². The average Bonchev–Trinajstić information content (AvgIpc) is 3.05. The fourth-order valence-electron chi connectivity index (χ4n) is 3.87. The zero-order valence-corrected chi connectivity index (χ0v) is 11.5. The summed E-state index contributed by atoms with van der Waals surface area (Å²) in [5.74, 6) is 1.77. The summed E-state index contributed by atoms with van der Waals surface area (Å²) in [4.78, 5) is 2.64. The van der Waals surface area contributed by atoms with Crippen molar-refractivity contribution in [3.8, 4) is 0 Å². The van der Waals surface area contributed by atoms with E-state index in [-0.39, 0.29) is 0 Å². The first-order chi connectivity index (χ1) is 9.31. The molecular weight excluding hydrogens is 234 g/mol. The molecule has 4 rings (SSSR count). The van der Waals surface area contributed by atoms with Gasteiger partial charge in [-0.3, -0.25) is 4.90 Å². The zero-order chi connectivity index (χ0) is 12.8. The quantitative estimate of drug-likeness (QED) is 0.883. The Bertz CT molecular complexity index is 589. The molecule has 2 aliphatic heterocycles. The van der Waals surface area contributed by atoms with Crippen molar-refractivity contribution < 1.29 is 0 Å². The van der Waals surface area contributed by atoms with E-state index in [0.717, 1.165) is 18.4 Å². The Labute approximate surface area is 114 Å².